The maximum Gasteiger partial charge on any atom is 0.163 e. The summed E-state index contributed by atoms with van der Waals surface area (Å²) >= 11 is 0. The van der Waals surface area contributed by atoms with Crippen molar-refractivity contribution in [3.8, 4) is 5.75 Å². The van der Waals surface area contributed by atoms with Crippen LogP contribution in [0.15, 0.2) is 18.5 Å². The van der Waals surface area contributed by atoms with Crippen molar-refractivity contribution in [2.45, 2.75) is 39.5 Å². The molecule has 0 fully saturated rings. The van der Waals surface area contributed by atoms with Gasteiger partial charge in [-0.3, -0.25) is 9.36 Å². The molecule has 0 aliphatic carbocycles. The summed E-state index contributed by atoms with van der Waals surface area (Å²) in [4.78, 5) is 0. The number of ether oxygens (including phenoxy) is 1. The summed E-state index contributed by atoms with van der Waals surface area (Å²) in [5, 5.41) is 19.0. The van der Waals surface area contributed by atoms with Crippen molar-refractivity contribution in [1.82, 2.24) is 19.6 Å². The van der Waals surface area contributed by atoms with Crippen LogP contribution in [0.1, 0.15) is 37.8 Å². The molecule has 0 radical (unpaired) electrons. The van der Waals surface area contributed by atoms with E-state index in [1.807, 2.05) is 13.0 Å². The van der Waals surface area contributed by atoms with Gasteiger partial charge in [-0.2, -0.15) is 10.2 Å². The van der Waals surface area contributed by atoms with Gasteiger partial charge >= 0.3 is 0 Å². The van der Waals surface area contributed by atoms with Gasteiger partial charge in [-0.1, -0.05) is 6.92 Å². The Hall–Kier alpha value is -1.82. The van der Waals surface area contributed by atoms with Crippen molar-refractivity contribution >= 4 is 0 Å². The molecule has 2 rings (SSSR count). The fourth-order valence-corrected chi connectivity index (χ4v) is 2.18. The second-order valence-electron chi connectivity index (χ2n) is 4.30. The molecule has 0 bridgehead atoms. The molecule has 0 saturated heterocycles. The predicted molar refractivity (Wildman–Crippen MR) is 71.0 cm³/mol. The number of rotatable bonds is 6. The standard InChI is InChI=1S/C13H20N4O2/c1-4-8-17-12(11(19-3)9-15-17)13(18)10-6-7-14-16(10)5-2/h6-7,9,13,18H,4-5,8H2,1-3H3. The lowest BCUT2D eigenvalue weighted by Gasteiger charge is -2.15. The minimum absolute atomic E-state index is 0.602. The third-order valence-corrected chi connectivity index (χ3v) is 3.09. The number of aromatic nitrogens is 4. The zero-order valence-corrected chi connectivity index (χ0v) is 11.6. The summed E-state index contributed by atoms with van der Waals surface area (Å²) in [5.74, 6) is 0.602. The van der Waals surface area contributed by atoms with Crippen LogP contribution in [0.25, 0.3) is 0 Å². The summed E-state index contributed by atoms with van der Waals surface area (Å²) in [6.45, 7) is 5.52. The zero-order chi connectivity index (χ0) is 13.8. The van der Waals surface area contributed by atoms with Crippen LogP contribution in [0.5, 0.6) is 5.75 Å². The van der Waals surface area contributed by atoms with Gasteiger partial charge in [0, 0.05) is 19.3 Å². The summed E-state index contributed by atoms with van der Waals surface area (Å²) in [6.07, 6.45) is 3.49. The molecule has 0 aliphatic heterocycles. The Labute approximate surface area is 112 Å². The first-order valence-electron chi connectivity index (χ1n) is 6.52. The molecule has 0 aliphatic rings. The van der Waals surface area contributed by atoms with Crippen LogP contribution in [0.2, 0.25) is 0 Å². The highest BCUT2D eigenvalue weighted by molar-refractivity contribution is 5.32. The third kappa shape index (κ3) is 2.49. The molecule has 1 unspecified atom stereocenters. The van der Waals surface area contributed by atoms with E-state index in [1.165, 1.54) is 0 Å². The second kappa shape index (κ2) is 5.88. The lowest BCUT2D eigenvalue weighted by molar-refractivity contribution is 0.190. The monoisotopic (exact) mass is 264 g/mol. The molecule has 2 aromatic heterocycles. The highest BCUT2D eigenvalue weighted by Crippen LogP contribution is 2.29. The molecular formula is C13H20N4O2. The molecule has 2 heterocycles. The molecule has 1 atom stereocenters. The minimum atomic E-state index is -0.786. The maximum atomic E-state index is 10.6. The minimum Gasteiger partial charge on any atom is -0.493 e. The first kappa shape index (κ1) is 13.6. The quantitative estimate of drug-likeness (QED) is 0.860. The van der Waals surface area contributed by atoms with Crippen molar-refractivity contribution in [1.29, 1.82) is 0 Å². The van der Waals surface area contributed by atoms with Crippen LogP contribution < -0.4 is 4.74 Å². The molecule has 19 heavy (non-hydrogen) atoms. The van der Waals surface area contributed by atoms with E-state index in [0.29, 0.717) is 18.0 Å². The fraction of sp³-hybridized carbons (Fsp3) is 0.538. The van der Waals surface area contributed by atoms with Crippen LogP contribution >= 0.6 is 0 Å². The van der Waals surface area contributed by atoms with Crippen molar-refractivity contribution in [2.75, 3.05) is 7.11 Å². The molecule has 0 aromatic carbocycles. The lowest BCUT2D eigenvalue weighted by atomic mass is 10.1. The third-order valence-electron chi connectivity index (χ3n) is 3.09. The van der Waals surface area contributed by atoms with Crippen molar-refractivity contribution < 1.29 is 9.84 Å². The van der Waals surface area contributed by atoms with Crippen LogP contribution in [-0.2, 0) is 13.1 Å². The molecule has 6 heteroatoms. The average Bonchev–Trinajstić information content (AvgIpc) is 3.04. The summed E-state index contributed by atoms with van der Waals surface area (Å²) < 4.78 is 8.85. The number of nitrogens with zero attached hydrogens (tertiary/aromatic N) is 4. The topological polar surface area (TPSA) is 65.1 Å². The van der Waals surface area contributed by atoms with Gasteiger partial charge in [0.05, 0.1) is 19.0 Å². The summed E-state index contributed by atoms with van der Waals surface area (Å²) in [6, 6.07) is 1.82. The number of hydrogen-bond acceptors (Lipinski definition) is 4. The van der Waals surface area contributed by atoms with Crippen LogP contribution in [0, 0.1) is 0 Å². The summed E-state index contributed by atoms with van der Waals surface area (Å²) in [7, 11) is 1.58. The highest BCUT2D eigenvalue weighted by Gasteiger charge is 2.23. The van der Waals surface area contributed by atoms with E-state index in [0.717, 1.165) is 18.7 Å². The second-order valence-corrected chi connectivity index (χ2v) is 4.30. The first-order chi connectivity index (χ1) is 9.22. The number of methoxy groups -OCH3 is 1. The Balaban J connectivity index is 2.42. The van der Waals surface area contributed by atoms with Gasteiger partial charge in [0.15, 0.2) is 5.75 Å². The molecule has 0 spiro atoms. The van der Waals surface area contributed by atoms with Gasteiger partial charge in [0.25, 0.3) is 0 Å². The molecule has 2 aromatic rings. The number of aryl methyl sites for hydroxylation is 2. The van der Waals surface area contributed by atoms with Gasteiger partial charge in [-0.05, 0) is 19.4 Å². The van der Waals surface area contributed by atoms with Crippen LogP contribution in [0.3, 0.4) is 0 Å². The molecule has 104 valence electrons. The smallest absolute Gasteiger partial charge is 0.163 e. The average molecular weight is 264 g/mol. The van der Waals surface area contributed by atoms with E-state index in [4.69, 9.17) is 4.74 Å². The predicted octanol–water partition coefficient (Wildman–Crippen LogP) is 1.60. The number of hydrogen-bond donors (Lipinski definition) is 1. The Morgan fingerprint density at radius 2 is 2.11 bits per heavy atom. The van der Waals surface area contributed by atoms with Gasteiger partial charge in [-0.25, -0.2) is 0 Å². The van der Waals surface area contributed by atoms with Gasteiger partial charge in [0.1, 0.15) is 11.8 Å². The Morgan fingerprint density at radius 1 is 1.32 bits per heavy atom. The Bertz CT molecular complexity index is 532. The molecule has 1 N–H and O–H groups in total. The van der Waals surface area contributed by atoms with E-state index in [9.17, 15) is 5.11 Å². The van der Waals surface area contributed by atoms with Crippen molar-refractivity contribution in [2.24, 2.45) is 0 Å². The molecule has 0 amide bonds. The first-order valence-corrected chi connectivity index (χ1v) is 6.52. The fourth-order valence-electron chi connectivity index (χ4n) is 2.18. The SMILES string of the molecule is CCCn1ncc(OC)c1C(O)c1ccnn1CC. The van der Waals surface area contributed by atoms with Gasteiger partial charge in [-0.15, -0.1) is 0 Å². The van der Waals surface area contributed by atoms with Crippen molar-refractivity contribution in [3.05, 3.63) is 29.8 Å². The lowest BCUT2D eigenvalue weighted by Crippen LogP contribution is -2.15. The largest absolute Gasteiger partial charge is 0.493 e. The van der Waals surface area contributed by atoms with E-state index in [-0.39, 0.29) is 0 Å². The van der Waals surface area contributed by atoms with E-state index in [2.05, 4.69) is 17.1 Å². The van der Waals surface area contributed by atoms with Gasteiger partial charge in [0.2, 0.25) is 0 Å². The zero-order valence-electron chi connectivity index (χ0n) is 11.6. The molecular weight excluding hydrogens is 244 g/mol. The highest BCUT2D eigenvalue weighted by atomic mass is 16.5. The Kier molecular flexibility index (Phi) is 4.21. The number of aliphatic hydroxyl groups is 1. The molecule has 6 nitrogen and oxygen atoms in total. The van der Waals surface area contributed by atoms with E-state index < -0.39 is 6.10 Å². The Morgan fingerprint density at radius 3 is 2.74 bits per heavy atom. The normalized spacial score (nSPS) is 12.6. The summed E-state index contributed by atoms with van der Waals surface area (Å²) in [5.41, 5.74) is 1.43. The van der Waals surface area contributed by atoms with Crippen LogP contribution in [0.4, 0.5) is 0 Å². The molecule has 0 saturated carbocycles. The van der Waals surface area contributed by atoms with E-state index in [1.54, 1.807) is 28.9 Å². The van der Waals surface area contributed by atoms with E-state index >= 15 is 0 Å². The van der Waals surface area contributed by atoms with Crippen LogP contribution in [-0.4, -0.2) is 31.8 Å². The van der Waals surface area contributed by atoms with Crippen molar-refractivity contribution in [3.63, 3.8) is 0 Å². The van der Waals surface area contributed by atoms with Gasteiger partial charge < -0.3 is 9.84 Å². The maximum absolute atomic E-state index is 10.6. The number of aliphatic hydroxyl groups excluding tert-OH is 1.